The van der Waals surface area contributed by atoms with E-state index in [0.717, 1.165) is 10.0 Å². The highest BCUT2D eigenvalue weighted by Crippen LogP contribution is 2.30. The van der Waals surface area contributed by atoms with E-state index in [4.69, 9.17) is 17.3 Å². The lowest BCUT2D eigenvalue weighted by Gasteiger charge is -2.13. The lowest BCUT2D eigenvalue weighted by Crippen LogP contribution is -2.08. The molecular weight excluding hydrogens is 344 g/mol. The van der Waals surface area contributed by atoms with Gasteiger partial charge in [0.25, 0.3) is 0 Å². The molecule has 6 heteroatoms. The number of carboxylic acid groups (broad SMARTS) is 1. The third-order valence-corrected chi connectivity index (χ3v) is 3.83. The molecule has 20 heavy (non-hydrogen) atoms. The van der Waals surface area contributed by atoms with Gasteiger partial charge in [-0.05, 0) is 23.8 Å². The molecule has 0 atom stereocenters. The van der Waals surface area contributed by atoms with E-state index in [-0.39, 0.29) is 10.6 Å². The van der Waals surface area contributed by atoms with Crippen LogP contribution in [-0.4, -0.2) is 11.1 Å². The first-order valence-electron chi connectivity index (χ1n) is 5.78. The molecule has 2 aromatic carbocycles. The molecular formula is C14H12BrClN2O2. The number of nitrogen functional groups attached to an aromatic ring is 1. The SMILES string of the molecule is Nc1cc(Cl)c(NCc2ccccc2Br)c(C(=O)O)c1. The van der Waals surface area contributed by atoms with Gasteiger partial charge < -0.3 is 16.2 Å². The second-order valence-corrected chi connectivity index (χ2v) is 5.44. The van der Waals surface area contributed by atoms with Crippen LogP contribution in [0.5, 0.6) is 0 Å². The van der Waals surface area contributed by atoms with Crippen molar-refractivity contribution in [1.29, 1.82) is 0 Å². The summed E-state index contributed by atoms with van der Waals surface area (Å²) in [5.74, 6) is -1.08. The van der Waals surface area contributed by atoms with Crippen LogP contribution in [0.2, 0.25) is 5.02 Å². The molecule has 4 N–H and O–H groups in total. The largest absolute Gasteiger partial charge is 0.478 e. The Labute approximate surface area is 129 Å². The van der Waals surface area contributed by atoms with Crippen LogP contribution in [0, 0.1) is 0 Å². The molecule has 0 unspecified atom stereocenters. The molecule has 104 valence electrons. The Hall–Kier alpha value is -1.72. The predicted octanol–water partition coefficient (Wildman–Crippen LogP) is 4.00. The number of aromatic carboxylic acids is 1. The summed E-state index contributed by atoms with van der Waals surface area (Å²) in [5, 5.41) is 12.5. The van der Waals surface area contributed by atoms with Gasteiger partial charge in [0, 0.05) is 16.7 Å². The molecule has 0 saturated heterocycles. The van der Waals surface area contributed by atoms with Gasteiger partial charge in [0.15, 0.2) is 0 Å². The Morgan fingerprint density at radius 1 is 1.35 bits per heavy atom. The van der Waals surface area contributed by atoms with Crippen molar-refractivity contribution >= 4 is 44.9 Å². The fourth-order valence-corrected chi connectivity index (χ4v) is 2.52. The molecule has 0 aliphatic carbocycles. The molecule has 0 saturated carbocycles. The summed E-state index contributed by atoms with van der Waals surface area (Å²) >= 11 is 9.51. The minimum Gasteiger partial charge on any atom is -0.478 e. The summed E-state index contributed by atoms with van der Waals surface area (Å²) in [5.41, 5.74) is 7.35. The molecule has 0 bridgehead atoms. The molecule has 0 heterocycles. The zero-order valence-corrected chi connectivity index (χ0v) is 12.7. The average Bonchev–Trinajstić information content (AvgIpc) is 2.38. The van der Waals surface area contributed by atoms with Crippen LogP contribution < -0.4 is 11.1 Å². The summed E-state index contributed by atoms with van der Waals surface area (Å²) in [6.07, 6.45) is 0. The molecule has 0 fully saturated rings. The predicted molar refractivity (Wildman–Crippen MR) is 84.3 cm³/mol. The van der Waals surface area contributed by atoms with Crippen LogP contribution in [0.3, 0.4) is 0 Å². The van der Waals surface area contributed by atoms with Crippen molar-refractivity contribution < 1.29 is 9.90 Å². The molecule has 2 aromatic rings. The highest BCUT2D eigenvalue weighted by Gasteiger charge is 2.14. The lowest BCUT2D eigenvalue weighted by atomic mass is 10.1. The van der Waals surface area contributed by atoms with Crippen LogP contribution in [0.4, 0.5) is 11.4 Å². The van der Waals surface area contributed by atoms with Gasteiger partial charge in [-0.25, -0.2) is 4.79 Å². The summed E-state index contributed by atoms with van der Waals surface area (Å²) in [6.45, 7) is 0.450. The zero-order chi connectivity index (χ0) is 14.7. The number of nitrogens with two attached hydrogens (primary N) is 1. The van der Waals surface area contributed by atoms with Gasteiger partial charge in [-0.2, -0.15) is 0 Å². The molecule has 0 spiro atoms. The first-order chi connectivity index (χ1) is 9.49. The highest BCUT2D eigenvalue weighted by atomic mass is 79.9. The Kier molecular flexibility index (Phi) is 4.52. The van der Waals surface area contributed by atoms with Crippen LogP contribution >= 0.6 is 27.5 Å². The fourth-order valence-electron chi connectivity index (χ4n) is 1.80. The first-order valence-corrected chi connectivity index (χ1v) is 6.95. The highest BCUT2D eigenvalue weighted by molar-refractivity contribution is 9.10. The topological polar surface area (TPSA) is 75.3 Å². The lowest BCUT2D eigenvalue weighted by molar-refractivity contribution is 0.0698. The van der Waals surface area contributed by atoms with E-state index >= 15 is 0 Å². The third-order valence-electron chi connectivity index (χ3n) is 2.76. The number of benzene rings is 2. The molecule has 0 aliphatic heterocycles. The maximum absolute atomic E-state index is 11.2. The quantitative estimate of drug-likeness (QED) is 0.725. The van der Waals surface area contributed by atoms with Crippen LogP contribution in [0.15, 0.2) is 40.9 Å². The number of carbonyl (C=O) groups is 1. The average molecular weight is 356 g/mol. The zero-order valence-electron chi connectivity index (χ0n) is 10.4. The van der Waals surface area contributed by atoms with Gasteiger partial charge in [0.2, 0.25) is 0 Å². The molecule has 0 radical (unpaired) electrons. The van der Waals surface area contributed by atoms with E-state index < -0.39 is 5.97 Å². The molecule has 2 rings (SSSR count). The second kappa shape index (κ2) is 6.15. The van der Waals surface area contributed by atoms with Gasteiger partial charge in [-0.15, -0.1) is 0 Å². The van der Waals surface area contributed by atoms with E-state index in [2.05, 4.69) is 21.2 Å². The number of rotatable bonds is 4. The number of hydrogen-bond acceptors (Lipinski definition) is 3. The van der Waals surface area contributed by atoms with Gasteiger partial charge in [0.05, 0.1) is 16.3 Å². The first kappa shape index (κ1) is 14.7. The number of halogens is 2. The second-order valence-electron chi connectivity index (χ2n) is 4.18. The van der Waals surface area contributed by atoms with Crippen LogP contribution in [0.25, 0.3) is 0 Å². The Bertz CT molecular complexity index is 662. The summed E-state index contributed by atoms with van der Waals surface area (Å²) in [6, 6.07) is 10.6. The number of nitrogens with one attached hydrogen (secondary N) is 1. The third kappa shape index (κ3) is 3.23. The Morgan fingerprint density at radius 3 is 2.70 bits per heavy atom. The van der Waals surface area contributed by atoms with Gasteiger partial charge in [0.1, 0.15) is 0 Å². The minimum atomic E-state index is -1.08. The maximum atomic E-state index is 11.2. The van der Waals surface area contributed by atoms with Crippen molar-refractivity contribution in [2.45, 2.75) is 6.54 Å². The van der Waals surface area contributed by atoms with E-state index in [1.54, 1.807) is 0 Å². The summed E-state index contributed by atoms with van der Waals surface area (Å²) < 4.78 is 0.941. The standard InChI is InChI=1S/C14H12BrClN2O2/c15-11-4-2-1-3-8(11)7-18-13-10(14(19)20)5-9(17)6-12(13)16/h1-6,18H,7,17H2,(H,19,20). The van der Waals surface area contributed by atoms with Gasteiger partial charge in [-0.3, -0.25) is 0 Å². The normalized spacial score (nSPS) is 10.3. The number of anilines is 2. The summed E-state index contributed by atoms with van der Waals surface area (Å²) in [4.78, 5) is 11.2. The Balaban J connectivity index is 2.30. The van der Waals surface area contributed by atoms with E-state index in [0.29, 0.717) is 17.9 Å². The van der Waals surface area contributed by atoms with Crippen molar-refractivity contribution in [2.24, 2.45) is 0 Å². The monoisotopic (exact) mass is 354 g/mol. The van der Waals surface area contributed by atoms with Crippen molar-refractivity contribution in [3.63, 3.8) is 0 Å². The molecule has 4 nitrogen and oxygen atoms in total. The van der Waals surface area contributed by atoms with Crippen LogP contribution in [0.1, 0.15) is 15.9 Å². The number of carboxylic acids is 1. The summed E-state index contributed by atoms with van der Waals surface area (Å²) in [7, 11) is 0. The van der Waals surface area contributed by atoms with Crippen molar-refractivity contribution in [1.82, 2.24) is 0 Å². The van der Waals surface area contributed by atoms with Gasteiger partial charge in [-0.1, -0.05) is 45.7 Å². The smallest absolute Gasteiger partial charge is 0.337 e. The van der Waals surface area contributed by atoms with Crippen molar-refractivity contribution in [3.8, 4) is 0 Å². The molecule has 0 aliphatic rings. The minimum absolute atomic E-state index is 0.0575. The Morgan fingerprint density at radius 2 is 2.05 bits per heavy atom. The van der Waals surface area contributed by atoms with E-state index in [1.807, 2.05) is 24.3 Å². The maximum Gasteiger partial charge on any atom is 0.337 e. The molecule has 0 aromatic heterocycles. The van der Waals surface area contributed by atoms with Crippen molar-refractivity contribution in [3.05, 3.63) is 57.0 Å². The molecule has 0 amide bonds. The fraction of sp³-hybridized carbons (Fsp3) is 0.0714. The van der Waals surface area contributed by atoms with E-state index in [9.17, 15) is 9.90 Å². The number of hydrogen-bond donors (Lipinski definition) is 3. The van der Waals surface area contributed by atoms with Gasteiger partial charge >= 0.3 is 5.97 Å². The van der Waals surface area contributed by atoms with Crippen molar-refractivity contribution in [2.75, 3.05) is 11.1 Å². The van der Waals surface area contributed by atoms with Crippen LogP contribution in [-0.2, 0) is 6.54 Å². The van der Waals surface area contributed by atoms with E-state index in [1.165, 1.54) is 12.1 Å².